The molecule has 0 fully saturated rings. The Morgan fingerprint density at radius 2 is 1.73 bits per heavy atom. The number of carbonyl (C=O) groups excluding carboxylic acids is 3. The predicted octanol–water partition coefficient (Wildman–Crippen LogP) is 0.725. The number of carbonyl (C=O) groups is 3. The molecule has 0 unspecified atom stereocenters. The first-order valence-electron chi connectivity index (χ1n) is 6.90. The highest BCUT2D eigenvalue weighted by Gasteiger charge is 2.17. The van der Waals surface area contributed by atoms with Gasteiger partial charge in [-0.25, -0.2) is 4.79 Å². The van der Waals surface area contributed by atoms with Crippen molar-refractivity contribution < 1.29 is 19.1 Å². The third-order valence-corrected chi connectivity index (χ3v) is 3.02. The second-order valence-corrected chi connectivity index (χ2v) is 4.77. The van der Waals surface area contributed by atoms with E-state index in [1.807, 2.05) is 37.3 Å². The van der Waals surface area contributed by atoms with Crippen LogP contribution in [0.15, 0.2) is 30.3 Å². The summed E-state index contributed by atoms with van der Waals surface area (Å²) in [6.45, 7) is 3.14. The van der Waals surface area contributed by atoms with Crippen molar-refractivity contribution >= 4 is 17.9 Å². The van der Waals surface area contributed by atoms with Crippen LogP contribution in [-0.2, 0) is 14.3 Å². The van der Waals surface area contributed by atoms with Gasteiger partial charge >= 0.3 is 12.0 Å². The minimum Gasteiger partial charge on any atom is -0.468 e. The number of benzene rings is 1. The molecule has 0 radical (unpaired) electrons. The third kappa shape index (κ3) is 5.82. The lowest BCUT2D eigenvalue weighted by molar-refractivity contribution is -0.141. The third-order valence-electron chi connectivity index (χ3n) is 3.02. The zero-order valence-electron chi connectivity index (χ0n) is 12.9. The van der Waals surface area contributed by atoms with Crippen molar-refractivity contribution in [3.63, 3.8) is 0 Å². The molecule has 3 amide bonds. The molecule has 0 aliphatic carbocycles. The molecule has 120 valence electrons. The van der Waals surface area contributed by atoms with Crippen molar-refractivity contribution in [2.24, 2.45) is 0 Å². The first-order chi connectivity index (χ1) is 10.4. The normalized spacial score (nSPS) is 12.7. The summed E-state index contributed by atoms with van der Waals surface area (Å²) in [6.07, 6.45) is 0. The minimum absolute atomic E-state index is 0.188. The molecular weight excluding hydrogens is 286 g/mol. The lowest BCUT2D eigenvalue weighted by Crippen LogP contribution is -2.49. The van der Waals surface area contributed by atoms with Crippen molar-refractivity contribution in [2.45, 2.75) is 25.9 Å². The maximum absolute atomic E-state index is 11.8. The molecule has 3 N–H and O–H groups in total. The molecule has 0 saturated heterocycles. The van der Waals surface area contributed by atoms with Gasteiger partial charge in [-0.3, -0.25) is 9.59 Å². The van der Waals surface area contributed by atoms with Crippen LogP contribution in [-0.4, -0.2) is 37.6 Å². The van der Waals surface area contributed by atoms with E-state index in [9.17, 15) is 14.4 Å². The molecule has 7 nitrogen and oxygen atoms in total. The van der Waals surface area contributed by atoms with E-state index < -0.39 is 23.9 Å². The van der Waals surface area contributed by atoms with E-state index in [4.69, 9.17) is 0 Å². The van der Waals surface area contributed by atoms with Gasteiger partial charge in [-0.05, 0) is 19.4 Å². The largest absolute Gasteiger partial charge is 0.468 e. The maximum atomic E-state index is 11.8. The van der Waals surface area contributed by atoms with Crippen LogP contribution in [0.25, 0.3) is 0 Å². The van der Waals surface area contributed by atoms with Gasteiger partial charge in [0.2, 0.25) is 5.91 Å². The number of nitrogens with one attached hydrogen (secondary N) is 3. The van der Waals surface area contributed by atoms with Crippen LogP contribution in [0.4, 0.5) is 4.79 Å². The highest BCUT2D eigenvalue weighted by molar-refractivity contribution is 5.88. The summed E-state index contributed by atoms with van der Waals surface area (Å²) >= 11 is 0. The lowest BCUT2D eigenvalue weighted by Gasteiger charge is -2.18. The number of hydrogen-bond acceptors (Lipinski definition) is 4. The first kappa shape index (κ1) is 17.5. The molecular formula is C15H21N3O4. The molecule has 0 aliphatic rings. The number of amides is 3. The van der Waals surface area contributed by atoms with E-state index in [1.54, 1.807) is 0 Å². The number of ether oxygens (including phenoxy) is 1. The Balaban J connectivity index is 2.40. The smallest absolute Gasteiger partial charge is 0.325 e. The molecule has 1 aromatic rings. The molecule has 0 aliphatic heterocycles. The molecule has 2 atom stereocenters. The van der Waals surface area contributed by atoms with E-state index in [2.05, 4.69) is 20.7 Å². The number of hydrogen-bond donors (Lipinski definition) is 3. The van der Waals surface area contributed by atoms with Crippen LogP contribution in [0.3, 0.4) is 0 Å². The monoisotopic (exact) mass is 307 g/mol. The summed E-state index contributed by atoms with van der Waals surface area (Å²) in [7, 11) is 1.23. The van der Waals surface area contributed by atoms with Crippen LogP contribution in [0, 0.1) is 0 Å². The van der Waals surface area contributed by atoms with Crippen LogP contribution < -0.4 is 16.0 Å². The van der Waals surface area contributed by atoms with Crippen molar-refractivity contribution in [1.29, 1.82) is 0 Å². The van der Waals surface area contributed by atoms with Crippen molar-refractivity contribution in [2.75, 3.05) is 13.7 Å². The van der Waals surface area contributed by atoms with Gasteiger partial charge in [0.15, 0.2) is 0 Å². The van der Waals surface area contributed by atoms with Gasteiger partial charge in [-0.2, -0.15) is 0 Å². The lowest BCUT2D eigenvalue weighted by atomic mass is 10.1. The topological polar surface area (TPSA) is 96.5 Å². The average molecular weight is 307 g/mol. The molecule has 0 saturated carbocycles. The van der Waals surface area contributed by atoms with E-state index in [-0.39, 0.29) is 12.6 Å². The Morgan fingerprint density at radius 1 is 1.09 bits per heavy atom. The average Bonchev–Trinajstić information content (AvgIpc) is 2.52. The number of urea groups is 1. The number of rotatable bonds is 6. The van der Waals surface area contributed by atoms with Crippen molar-refractivity contribution in [1.82, 2.24) is 16.0 Å². The molecule has 1 rings (SSSR count). The Bertz CT molecular complexity index is 519. The highest BCUT2D eigenvalue weighted by atomic mass is 16.5. The second kappa shape index (κ2) is 8.66. The summed E-state index contributed by atoms with van der Waals surface area (Å²) in [5, 5.41) is 7.61. The first-order valence-corrected chi connectivity index (χ1v) is 6.90. The van der Waals surface area contributed by atoms with Crippen LogP contribution >= 0.6 is 0 Å². The van der Waals surface area contributed by atoms with Crippen molar-refractivity contribution in [3.8, 4) is 0 Å². The van der Waals surface area contributed by atoms with E-state index in [1.165, 1.54) is 14.0 Å². The van der Waals surface area contributed by atoms with Gasteiger partial charge in [0.1, 0.15) is 12.6 Å². The quantitative estimate of drug-likeness (QED) is 0.675. The van der Waals surface area contributed by atoms with Crippen LogP contribution in [0.1, 0.15) is 25.5 Å². The molecule has 0 heterocycles. The van der Waals surface area contributed by atoms with E-state index in [0.717, 1.165) is 5.56 Å². The number of esters is 1. The Morgan fingerprint density at radius 3 is 2.32 bits per heavy atom. The molecule has 1 aromatic carbocycles. The predicted molar refractivity (Wildman–Crippen MR) is 81.0 cm³/mol. The summed E-state index contributed by atoms with van der Waals surface area (Å²) < 4.78 is 4.41. The molecule has 0 bridgehead atoms. The Kier molecular flexibility index (Phi) is 6.88. The fourth-order valence-electron chi connectivity index (χ4n) is 1.71. The van der Waals surface area contributed by atoms with Gasteiger partial charge < -0.3 is 20.7 Å². The van der Waals surface area contributed by atoms with Crippen LogP contribution in [0.5, 0.6) is 0 Å². The second-order valence-electron chi connectivity index (χ2n) is 4.77. The van der Waals surface area contributed by atoms with Crippen LogP contribution in [0.2, 0.25) is 0 Å². The van der Waals surface area contributed by atoms with Gasteiger partial charge in [-0.1, -0.05) is 30.3 Å². The summed E-state index contributed by atoms with van der Waals surface area (Å²) in [6, 6.07) is 8.04. The highest BCUT2D eigenvalue weighted by Crippen LogP contribution is 2.10. The maximum Gasteiger partial charge on any atom is 0.325 e. The van der Waals surface area contributed by atoms with Gasteiger partial charge in [-0.15, -0.1) is 0 Å². The molecule has 7 heteroatoms. The molecule has 22 heavy (non-hydrogen) atoms. The summed E-state index contributed by atoms with van der Waals surface area (Å²) in [4.78, 5) is 34.5. The number of methoxy groups -OCH3 is 1. The van der Waals surface area contributed by atoms with Gasteiger partial charge in [0.25, 0.3) is 0 Å². The van der Waals surface area contributed by atoms with E-state index >= 15 is 0 Å². The Hall–Kier alpha value is -2.57. The minimum atomic E-state index is -0.771. The summed E-state index contributed by atoms with van der Waals surface area (Å²) in [5.74, 6) is -1.02. The zero-order chi connectivity index (χ0) is 16.5. The molecule has 0 spiro atoms. The fraction of sp³-hybridized carbons (Fsp3) is 0.400. The van der Waals surface area contributed by atoms with Gasteiger partial charge in [0.05, 0.1) is 13.2 Å². The summed E-state index contributed by atoms with van der Waals surface area (Å²) in [5.41, 5.74) is 0.959. The van der Waals surface area contributed by atoms with E-state index in [0.29, 0.717) is 0 Å². The van der Waals surface area contributed by atoms with Gasteiger partial charge in [0, 0.05) is 0 Å². The Labute approximate surface area is 129 Å². The standard InChI is InChI=1S/C15H21N3O4/c1-10(12-7-5-4-6-8-12)17-15(21)18-11(2)14(20)16-9-13(19)22-3/h4-8,10-11H,9H2,1-3H3,(H,16,20)(H2,17,18,21)/t10-,11+/m1/s1. The van der Waals surface area contributed by atoms with Crippen molar-refractivity contribution in [3.05, 3.63) is 35.9 Å². The fourth-order valence-corrected chi connectivity index (χ4v) is 1.71. The zero-order valence-corrected chi connectivity index (χ0v) is 12.9. The molecule has 0 aromatic heterocycles. The SMILES string of the molecule is COC(=O)CNC(=O)[C@H](C)NC(=O)N[C@H](C)c1ccccc1.